The van der Waals surface area contributed by atoms with Gasteiger partial charge in [0.2, 0.25) is 0 Å². The minimum absolute atomic E-state index is 0.414. The number of hydrogen-bond donors (Lipinski definition) is 1. The van der Waals surface area contributed by atoms with E-state index >= 15 is 0 Å². The first-order valence-electron chi connectivity index (χ1n) is 7.72. The molecule has 0 spiro atoms. The Bertz CT molecular complexity index is 497. The molecule has 2 atom stereocenters. The number of imidazole rings is 1. The van der Waals surface area contributed by atoms with Gasteiger partial charge in [-0.1, -0.05) is 6.92 Å². The van der Waals surface area contributed by atoms with Crippen LogP contribution in [0.3, 0.4) is 0 Å². The molecule has 20 heavy (non-hydrogen) atoms. The Labute approximate surface area is 119 Å². The van der Waals surface area contributed by atoms with Crippen molar-refractivity contribution >= 4 is 5.97 Å². The van der Waals surface area contributed by atoms with Crippen molar-refractivity contribution in [3.8, 4) is 0 Å². The van der Waals surface area contributed by atoms with Gasteiger partial charge in [0, 0.05) is 25.2 Å². The summed E-state index contributed by atoms with van der Waals surface area (Å²) in [6.45, 7) is 5.40. The monoisotopic (exact) mass is 277 g/mol. The number of rotatable bonds is 4. The number of carboxylic acid groups (broad SMARTS) is 1. The van der Waals surface area contributed by atoms with E-state index in [1.54, 1.807) is 0 Å². The van der Waals surface area contributed by atoms with E-state index in [1.165, 1.54) is 19.4 Å². The lowest BCUT2D eigenvalue weighted by molar-refractivity contribution is -0.139. The summed E-state index contributed by atoms with van der Waals surface area (Å²) in [5, 5.41) is 9.30. The normalized spacial score (nSPS) is 26.6. The number of aryl methyl sites for hydroxylation is 1. The summed E-state index contributed by atoms with van der Waals surface area (Å²) < 4.78 is 2.06. The molecule has 2 aliphatic heterocycles. The van der Waals surface area contributed by atoms with E-state index in [2.05, 4.69) is 27.6 Å². The van der Waals surface area contributed by atoms with Gasteiger partial charge in [0.25, 0.3) is 0 Å². The fourth-order valence-electron chi connectivity index (χ4n) is 3.65. The summed E-state index contributed by atoms with van der Waals surface area (Å²) >= 11 is 0. The zero-order valence-corrected chi connectivity index (χ0v) is 12.1. The summed E-state index contributed by atoms with van der Waals surface area (Å²) in [6, 6.07) is 0.584. The predicted octanol–water partition coefficient (Wildman–Crippen LogP) is 1.87. The van der Waals surface area contributed by atoms with Crippen molar-refractivity contribution in [2.45, 2.75) is 57.5 Å². The van der Waals surface area contributed by atoms with Crippen molar-refractivity contribution in [1.29, 1.82) is 0 Å². The number of likely N-dealkylation sites (N-methyl/N-ethyl adjacent to an activating group) is 1. The molecule has 5 nitrogen and oxygen atoms in total. The number of nitrogens with zero attached hydrogens (tertiary/aromatic N) is 3. The Hall–Kier alpha value is -1.36. The van der Waals surface area contributed by atoms with Gasteiger partial charge in [-0.25, -0.2) is 4.98 Å². The molecule has 1 N–H and O–H groups in total. The predicted molar refractivity (Wildman–Crippen MR) is 75.8 cm³/mol. The van der Waals surface area contributed by atoms with Gasteiger partial charge >= 0.3 is 5.97 Å². The molecular weight excluding hydrogens is 254 g/mol. The van der Waals surface area contributed by atoms with E-state index in [-0.39, 0.29) is 0 Å². The number of fused-ring (bicyclic) bond motifs is 1. The summed E-state index contributed by atoms with van der Waals surface area (Å²) in [5.74, 6) is -0.387. The van der Waals surface area contributed by atoms with Crippen LogP contribution in [0.1, 0.15) is 50.0 Å². The molecule has 2 aliphatic rings. The molecule has 2 unspecified atom stereocenters. The molecule has 3 heterocycles. The van der Waals surface area contributed by atoms with Crippen molar-refractivity contribution in [3.05, 3.63) is 17.7 Å². The van der Waals surface area contributed by atoms with Gasteiger partial charge in [-0.05, 0) is 38.8 Å². The quantitative estimate of drug-likeness (QED) is 0.913. The molecule has 0 aliphatic carbocycles. The second kappa shape index (κ2) is 5.56. The van der Waals surface area contributed by atoms with Crippen molar-refractivity contribution in [2.24, 2.45) is 0 Å². The van der Waals surface area contributed by atoms with Gasteiger partial charge in [0.05, 0.1) is 5.69 Å². The van der Waals surface area contributed by atoms with Crippen molar-refractivity contribution < 1.29 is 9.90 Å². The molecule has 0 amide bonds. The number of aliphatic carboxylic acids is 1. The second-order valence-corrected chi connectivity index (χ2v) is 5.95. The summed E-state index contributed by atoms with van der Waals surface area (Å²) in [7, 11) is 0. The summed E-state index contributed by atoms with van der Waals surface area (Å²) in [6.07, 6.45) is 7.19. The van der Waals surface area contributed by atoms with Crippen molar-refractivity contribution in [1.82, 2.24) is 14.5 Å². The van der Waals surface area contributed by atoms with Gasteiger partial charge < -0.3 is 14.6 Å². The first-order chi connectivity index (χ1) is 9.69. The van der Waals surface area contributed by atoms with Crippen LogP contribution in [-0.4, -0.2) is 44.7 Å². The lowest BCUT2D eigenvalue weighted by atomic mass is 9.99. The number of hydrogen-bond acceptors (Lipinski definition) is 3. The van der Waals surface area contributed by atoms with E-state index < -0.39 is 11.9 Å². The average Bonchev–Trinajstić information content (AvgIpc) is 3.03. The fraction of sp³-hybridized carbons (Fsp3) is 0.733. The first-order valence-corrected chi connectivity index (χ1v) is 7.72. The average molecular weight is 277 g/mol. The Morgan fingerprint density at radius 1 is 1.40 bits per heavy atom. The highest BCUT2D eigenvalue weighted by atomic mass is 16.4. The number of carbonyl (C=O) groups is 1. The summed E-state index contributed by atoms with van der Waals surface area (Å²) in [4.78, 5) is 18.5. The highest BCUT2D eigenvalue weighted by molar-refractivity contribution is 5.75. The molecule has 0 radical (unpaired) electrons. The van der Waals surface area contributed by atoms with E-state index in [0.717, 1.165) is 43.9 Å². The van der Waals surface area contributed by atoms with Crippen molar-refractivity contribution in [3.63, 3.8) is 0 Å². The lowest BCUT2D eigenvalue weighted by Crippen LogP contribution is -2.30. The molecule has 110 valence electrons. The van der Waals surface area contributed by atoms with Crippen LogP contribution in [0.15, 0.2) is 6.20 Å². The van der Waals surface area contributed by atoms with Gasteiger partial charge in [-0.3, -0.25) is 4.79 Å². The standard InChI is InChI=1S/C15H23N3O2/c1-2-17-7-3-5-12(17)9-11-10-18-8-4-6-13(15(19)20)14(18)16-11/h10,12-13H,2-9H2,1H3,(H,19,20). The Morgan fingerprint density at radius 2 is 2.20 bits per heavy atom. The molecule has 1 aromatic rings. The zero-order valence-electron chi connectivity index (χ0n) is 12.1. The first kappa shape index (κ1) is 13.6. The van der Waals surface area contributed by atoms with Crippen LogP contribution < -0.4 is 0 Å². The lowest BCUT2D eigenvalue weighted by Gasteiger charge is -2.21. The van der Waals surface area contributed by atoms with Gasteiger partial charge in [0.1, 0.15) is 11.7 Å². The van der Waals surface area contributed by atoms with E-state index in [1.807, 2.05) is 0 Å². The topological polar surface area (TPSA) is 58.4 Å². The van der Waals surface area contributed by atoms with Crippen LogP contribution in [0.4, 0.5) is 0 Å². The smallest absolute Gasteiger partial charge is 0.314 e. The van der Waals surface area contributed by atoms with E-state index in [0.29, 0.717) is 6.04 Å². The van der Waals surface area contributed by atoms with Crippen LogP contribution in [0.5, 0.6) is 0 Å². The molecule has 1 fully saturated rings. The molecule has 3 rings (SSSR count). The molecule has 5 heteroatoms. The van der Waals surface area contributed by atoms with Gasteiger partial charge in [0.15, 0.2) is 0 Å². The Morgan fingerprint density at radius 3 is 2.95 bits per heavy atom. The number of likely N-dealkylation sites (tertiary alicyclic amines) is 1. The van der Waals surface area contributed by atoms with Crippen LogP contribution in [0, 0.1) is 0 Å². The molecule has 1 saturated heterocycles. The SMILES string of the molecule is CCN1CCCC1Cc1cn2c(n1)C(C(=O)O)CCC2. The van der Waals surface area contributed by atoms with Crippen molar-refractivity contribution in [2.75, 3.05) is 13.1 Å². The third-order valence-corrected chi connectivity index (χ3v) is 4.71. The zero-order chi connectivity index (χ0) is 14.1. The minimum atomic E-state index is -0.737. The maximum Gasteiger partial charge on any atom is 0.314 e. The maximum absolute atomic E-state index is 11.3. The fourth-order valence-corrected chi connectivity index (χ4v) is 3.65. The van der Waals surface area contributed by atoms with Crippen LogP contribution in [0.25, 0.3) is 0 Å². The Balaban J connectivity index is 1.77. The van der Waals surface area contributed by atoms with E-state index in [4.69, 9.17) is 0 Å². The second-order valence-electron chi connectivity index (χ2n) is 5.95. The third kappa shape index (κ3) is 2.46. The van der Waals surface area contributed by atoms with Gasteiger partial charge in [-0.2, -0.15) is 0 Å². The van der Waals surface area contributed by atoms with Gasteiger partial charge in [-0.15, -0.1) is 0 Å². The Kier molecular flexibility index (Phi) is 3.78. The minimum Gasteiger partial charge on any atom is -0.481 e. The van der Waals surface area contributed by atoms with E-state index in [9.17, 15) is 9.90 Å². The molecule has 0 saturated carbocycles. The molecular formula is C15H23N3O2. The van der Waals surface area contributed by atoms with Crippen LogP contribution >= 0.6 is 0 Å². The molecule has 1 aromatic heterocycles. The largest absolute Gasteiger partial charge is 0.481 e. The number of aromatic nitrogens is 2. The highest BCUT2D eigenvalue weighted by Crippen LogP contribution is 2.28. The molecule has 0 bridgehead atoms. The maximum atomic E-state index is 11.3. The highest BCUT2D eigenvalue weighted by Gasteiger charge is 2.30. The van der Waals surface area contributed by atoms with Crippen LogP contribution in [-0.2, 0) is 17.8 Å². The molecule has 0 aromatic carbocycles. The van der Waals surface area contributed by atoms with Crippen LogP contribution in [0.2, 0.25) is 0 Å². The number of carboxylic acids is 1. The summed E-state index contributed by atoms with van der Waals surface area (Å²) in [5.41, 5.74) is 1.07. The third-order valence-electron chi connectivity index (χ3n) is 4.71.